The summed E-state index contributed by atoms with van der Waals surface area (Å²) in [5.74, 6) is 0.422. The Morgan fingerprint density at radius 2 is 2.11 bits per heavy atom. The fourth-order valence-electron chi connectivity index (χ4n) is 2.33. The van der Waals surface area contributed by atoms with Gasteiger partial charge in [-0.15, -0.1) is 0 Å². The number of rotatable bonds is 3. The molecular weight excluding hydrogens is 222 g/mol. The Hall–Kier alpha value is -1.90. The first-order valence-electron chi connectivity index (χ1n) is 6.23. The first-order chi connectivity index (χ1) is 8.54. The highest BCUT2D eigenvalue weighted by molar-refractivity contribution is 6.08. The highest BCUT2D eigenvalue weighted by Gasteiger charge is 2.13. The molecule has 2 rings (SSSR count). The Bertz CT molecular complexity index is 618. The lowest BCUT2D eigenvalue weighted by Gasteiger charge is -2.06. The molecule has 0 atom stereocenters. The topological polar surface area (TPSA) is 41.7 Å². The van der Waals surface area contributed by atoms with Gasteiger partial charge >= 0.3 is 0 Å². The minimum Gasteiger partial charge on any atom is -0.300 e. The van der Waals surface area contributed by atoms with E-state index < -0.39 is 0 Å². The van der Waals surface area contributed by atoms with Crippen molar-refractivity contribution in [3.05, 3.63) is 41.6 Å². The van der Waals surface area contributed by atoms with Gasteiger partial charge in [0.15, 0.2) is 0 Å². The van der Waals surface area contributed by atoms with Gasteiger partial charge in [-0.1, -0.05) is 26.0 Å². The Labute approximate surface area is 108 Å². The van der Waals surface area contributed by atoms with Crippen LogP contribution in [0.15, 0.2) is 30.4 Å². The van der Waals surface area contributed by atoms with E-state index >= 15 is 0 Å². The summed E-state index contributed by atoms with van der Waals surface area (Å²) < 4.78 is 1.94. The van der Waals surface area contributed by atoms with Crippen LogP contribution in [-0.2, 0) is 7.05 Å². The van der Waals surface area contributed by atoms with E-state index in [0.717, 1.165) is 16.5 Å². The Morgan fingerprint density at radius 3 is 2.72 bits per heavy atom. The fraction of sp³-hybridized carbons (Fsp3) is 0.333. The highest BCUT2D eigenvalue weighted by atomic mass is 15.3. The van der Waals surface area contributed by atoms with Crippen molar-refractivity contribution in [2.24, 2.45) is 7.05 Å². The van der Waals surface area contributed by atoms with Crippen molar-refractivity contribution in [3.63, 3.8) is 0 Å². The van der Waals surface area contributed by atoms with Gasteiger partial charge in [-0.2, -0.15) is 5.10 Å². The van der Waals surface area contributed by atoms with E-state index in [9.17, 15) is 0 Å². The predicted octanol–water partition coefficient (Wildman–Crippen LogP) is 3.64. The number of aromatic nitrogens is 2. The third-order valence-electron chi connectivity index (χ3n) is 3.07. The largest absolute Gasteiger partial charge is 0.300 e. The molecule has 1 heterocycles. The minimum atomic E-state index is 0.422. The second-order valence-corrected chi connectivity index (χ2v) is 4.81. The van der Waals surface area contributed by atoms with E-state index in [1.807, 2.05) is 42.9 Å². The monoisotopic (exact) mass is 241 g/mol. The van der Waals surface area contributed by atoms with Gasteiger partial charge in [0.2, 0.25) is 0 Å². The zero-order valence-electron chi connectivity index (χ0n) is 11.4. The molecule has 0 aliphatic rings. The molecule has 0 aliphatic carbocycles. The van der Waals surface area contributed by atoms with Gasteiger partial charge in [-0.25, -0.2) is 0 Å². The van der Waals surface area contributed by atoms with Crippen molar-refractivity contribution in [3.8, 4) is 0 Å². The summed E-state index contributed by atoms with van der Waals surface area (Å²) in [6.45, 7) is 6.26. The van der Waals surface area contributed by atoms with E-state index in [1.54, 1.807) is 0 Å². The van der Waals surface area contributed by atoms with Crippen LogP contribution in [0.25, 0.3) is 10.9 Å². The molecule has 0 amide bonds. The first-order valence-corrected chi connectivity index (χ1v) is 6.23. The molecule has 94 valence electrons. The summed E-state index contributed by atoms with van der Waals surface area (Å²) in [4.78, 5) is 0. The van der Waals surface area contributed by atoms with Gasteiger partial charge in [0, 0.05) is 23.7 Å². The molecule has 0 saturated carbocycles. The van der Waals surface area contributed by atoms with E-state index in [0.29, 0.717) is 11.6 Å². The second kappa shape index (κ2) is 4.77. The Kier molecular flexibility index (Phi) is 3.32. The average molecular weight is 241 g/mol. The molecule has 0 fully saturated rings. The number of nitrogens with one attached hydrogen (secondary N) is 1. The van der Waals surface area contributed by atoms with Crippen LogP contribution in [0, 0.1) is 5.41 Å². The van der Waals surface area contributed by atoms with Crippen molar-refractivity contribution in [1.82, 2.24) is 9.78 Å². The van der Waals surface area contributed by atoms with Crippen LogP contribution >= 0.6 is 0 Å². The van der Waals surface area contributed by atoms with Crippen molar-refractivity contribution in [1.29, 1.82) is 5.41 Å². The van der Waals surface area contributed by atoms with Gasteiger partial charge in [0.1, 0.15) is 0 Å². The second-order valence-electron chi connectivity index (χ2n) is 4.81. The van der Waals surface area contributed by atoms with Crippen LogP contribution in [0.1, 0.15) is 37.9 Å². The quantitative estimate of drug-likeness (QED) is 0.819. The van der Waals surface area contributed by atoms with Crippen molar-refractivity contribution in [2.75, 3.05) is 0 Å². The molecular formula is C15H19N3. The lowest BCUT2D eigenvalue weighted by atomic mass is 10.0. The van der Waals surface area contributed by atoms with E-state index in [2.05, 4.69) is 25.0 Å². The molecule has 0 bridgehead atoms. The third kappa shape index (κ3) is 2.08. The number of aryl methyl sites for hydroxylation is 1. The maximum atomic E-state index is 7.98. The van der Waals surface area contributed by atoms with Crippen LogP contribution in [-0.4, -0.2) is 15.5 Å². The number of nitrogens with zero attached hydrogens (tertiary/aromatic N) is 2. The SMILES string of the molecule is C/C=C\C(=N)c1ccc2nn(C)c(C(C)C)c2c1. The van der Waals surface area contributed by atoms with Gasteiger partial charge in [0.05, 0.1) is 11.2 Å². The molecule has 1 aromatic heterocycles. The zero-order chi connectivity index (χ0) is 13.3. The van der Waals surface area contributed by atoms with E-state index in [4.69, 9.17) is 5.41 Å². The van der Waals surface area contributed by atoms with Crippen LogP contribution < -0.4 is 0 Å². The molecule has 0 radical (unpaired) electrons. The summed E-state index contributed by atoms with van der Waals surface area (Å²) in [5, 5.41) is 13.6. The average Bonchev–Trinajstić information content (AvgIpc) is 2.64. The normalized spacial score (nSPS) is 11.8. The van der Waals surface area contributed by atoms with Crippen LogP contribution in [0.3, 0.4) is 0 Å². The summed E-state index contributed by atoms with van der Waals surface area (Å²) in [6.07, 6.45) is 3.70. The molecule has 0 saturated heterocycles. The third-order valence-corrected chi connectivity index (χ3v) is 3.07. The number of allylic oxidation sites excluding steroid dienone is 2. The molecule has 3 nitrogen and oxygen atoms in total. The lowest BCUT2D eigenvalue weighted by Crippen LogP contribution is -2.00. The Balaban J connectivity index is 2.62. The number of hydrogen-bond acceptors (Lipinski definition) is 2. The van der Waals surface area contributed by atoms with Crippen molar-refractivity contribution in [2.45, 2.75) is 26.7 Å². The van der Waals surface area contributed by atoms with Gasteiger partial charge in [0.25, 0.3) is 0 Å². The smallest absolute Gasteiger partial charge is 0.0926 e. The van der Waals surface area contributed by atoms with Crippen LogP contribution in [0.2, 0.25) is 0 Å². The van der Waals surface area contributed by atoms with Crippen molar-refractivity contribution >= 4 is 16.6 Å². The molecule has 2 aromatic rings. The molecule has 0 unspecified atom stereocenters. The van der Waals surface area contributed by atoms with Crippen LogP contribution in [0.4, 0.5) is 0 Å². The zero-order valence-corrected chi connectivity index (χ0v) is 11.4. The molecule has 0 spiro atoms. The fourth-order valence-corrected chi connectivity index (χ4v) is 2.33. The summed E-state index contributed by atoms with van der Waals surface area (Å²) >= 11 is 0. The number of fused-ring (bicyclic) bond motifs is 1. The maximum absolute atomic E-state index is 7.98. The first kappa shape index (κ1) is 12.6. The predicted molar refractivity (Wildman–Crippen MR) is 76.4 cm³/mol. The maximum Gasteiger partial charge on any atom is 0.0926 e. The van der Waals surface area contributed by atoms with Gasteiger partial charge in [-0.3, -0.25) is 4.68 Å². The molecule has 0 aliphatic heterocycles. The summed E-state index contributed by atoms with van der Waals surface area (Å²) in [6, 6.07) is 6.02. The van der Waals surface area contributed by atoms with Gasteiger partial charge < -0.3 is 5.41 Å². The molecule has 18 heavy (non-hydrogen) atoms. The number of benzene rings is 1. The molecule has 1 N–H and O–H groups in total. The highest BCUT2D eigenvalue weighted by Crippen LogP contribution is 2.25. The van der Waals surface area contributed by atoms with Gasteiger partial charge in [-0.05, 0) is 31.1 Å². The molecule has 1 aromatic carbocycles. The summed E-state index contributed by atoms with van der Waals surface area (Å²) in [5.41, 5.74) is 3.70. The Morgan fingerprint density at radius 1 is 1.39 bits per heavy atom. The minimum absolute atomic E-state index is 0.422. The number of hydrogen-bond donors (Lipinski definition) is 1. The lowest BCUT2D eigenvalue weighted by molar-refractivity contribution is 0.677. The van der Waals surface area contributed by atoms with E-state index in [1.165, 1.54) is 5.69 Å². The van der Waals surface area contributed by atoms with Crippen molar-refractivity contribution < 1.29 is 0 Å². The van der Waals surface area contributed by atoms with E-state index in [-0.39, 0.29) is 0 Å². The van der Waals surface area contributed by atoms with Crippen LogP contribution in [0.5, 0.6) is 0 Å². The molecule has 3 heteroatoms. The standard InChI is InChI=1S/C15H19N3/c1-5-6-13(16)11-7-8-14-12(9-11)15(10(2)3)18(4)17-14/h5-10,16H,1-4H3/b6-5-,16-13?. The summed E-state index contributed by atoms with van der Waals surface area (Å²) in [7, 11) is 1.98.